The Morgan fingerprint density at radius 2 is 1.17 bits per heavy atom. The third-order valence-corrected chi connectivity index (χ3v) is 6.84. The van der Waals surface area contributed by atoms with E-state index in [-0.39, 0.29) is 23.7 Å². The van der Waals surface area contributed by atoms with E-state index in [1.807, 2.05) is 0 Å². The van der Waals surface area contributed by atoms with Gasteiger partial charge in [0.1, 0.15) is 18.1 Å². The molecule has 46 heavy (non-hydrogen) atoms. The highest BCUT2D eigenvalue weighted by Crippen LogP contribution is 2.43. The minimum absolute atomic E-state index is 0.00155. The Balaban J connectivity index is 1.53. The van der Waals surface area contributed by atoms with Crippen LogP contribution >= 0.6 is 0 Å². The van der Waals surface area contributed by atoms with Gasteiger partial charge in [0, 0.05) is 5.56 Å². The molecule has 0 bridgehead atoms. The molecule has 0 aromatic heterocycles. The molecule has 10 nitrogen and oxygen atoms in total. The van der Waals surface area contributed by atoms with Crippen molar-refractivity contribution in [3.05, 3.63) is 156 Å². The van der Waals surface area contributed by atoms with Crippen molar-refractivity contribution in [3.63, 3.8) is 0 Å². The third-order valence-electron chi connectivity index (χ3n) is 6.84. The van der Waals surface area contributed by atoms with Gasteiger partial charge in [-0.2, -0.15) is 0 Å². The van der Waals surface area contributed by atoms with E-state index in [1.165, 1.54) is 54.6 Å². The summed E-state index contributed by atoms with van der Waals surface area (Å²) in [5, 5.41) is 0. The van der Waals surface area contributed by atoms with E-state index in [1.54, 1.807) is 84.9 Å². The second-order valence-electron chi connectivity index (χ2n) is 9.79. The zero-order chi connectivity index (χ0) is 32.4. The molecule has 2 unspecified atom stereocenters. The van der Waals surface area contributed by atoms with E-state index in [0.29, 0.717) is 5.56 Å². The van der Waals surface area contributed by atoms with Crippen LogP contribution < -0.4 is 9.47 Å². The Morgan fingerprint density at radius 3 is 1.78 bits per heavy atom. The second kappa shape index (κ2) is 14.5. The lowest BCUT2D eigenvalue weighted by Crippen LogP contribution is -2.55. The van der Waals surface area contributed by atoms with Gasteiger partial charge >= 0.3 is 24.2 Å². The fraction of sp³-hybridized carbons (Fsp3) is 0.0833. The van der Waals surface area contributed by atoms with E-state index in [0.717, 1.165) is 0 Å². The number of esters is 2. The number of carbonyl (C=O) groups excluding carboxylic acids is 5. The zero-order valence-corrected chi connectivity index (χ0v) is 24.1. The highest BCUT2D eigenvalue weighted by atomic mass is 16.8. The standard InChI is InChI=1S/C36H26O10/c37-31(26-16-7-2-8-17-26)36(33(39)42-24-25-14-5-1-6-15-25)29(32(38)43-27-18-9-3-10-19-27)22-13-23-30(36)45-35(41)46-34(40)44-28-20-11-4-12-21-28/h1-23,30H,24H2. The van der Waals surface area contributed by atoms with Crippen molar-refractivity contribution < 1.29 is 47.7 Å². The average Bonchev–Trinajstić information content (AvgIpc) is 3.08. The lowest BCUT2D eigenvalue weighted by molar-refractivity contribution is -0.158. The van der Waals surface area contributed by atoms with Gasteiger partial charge in [0.25, 0.3) is 0 Å². The summed E-state index contributed by atoms with van der Waals surface area (Å²) < 4.78 is 26.3. The number of Topliss-reactive ketones (excluding diaryl/α,β-unsaturated/α-hetero) is 1. The molecule has 230 valence electrons. The van der Waals surface area contributed by atoms with E-state index < -0.39 is 47.1 Å². The molecule has 0 heterocycles. The van der Waals surface area contributed by atoms with E-state index in [4.69, 9.17) is 18.9 Å². The van der Waals surface area contributed by atoms with Crippen molar-refractivity contribution >= 4 is 30.0 Å². The molecule has 1 aliphatic carbocycles. The fourth-order valence-electron chi connectivity index (χ4n) is 4.71. The summed E-state index contributed by atoms with van der Waals surface area (Å²) in [7, 11) is 0. The highest BCUT2D eigenvalue weighted by molar-refractivity contribution is 6.21. The maximum absolute atomic E-state index is 14.5. The minimum atomic E-state index is -2.63. The van der Waals surface area contributed by atoms with Crippen LogP contribution in [0.5, 0.6) is 11.5 Å². The molecule has 0 spiro atoms. The molecule has 0 radical (unpaired) electrons. The van der Waals surface area contributed by atoms with E-state index >= 15 is 0 Å². The zero-order valence-electron chi connectivity index (χ0n) is 24.1. The average molecular weight is 619 g/mol. The summed E-state index contributed by atoms with van der Waals surface area (Å²) in [5.41, 5.74) is -2.52. The molecule has 10 heteroatoms. The molecule has 1 aliphatic rings. The van der Waals surface area contributed by atoms with Gasteiger partial charge < -0.3 is 23.7 Å². The van der Waals surface area contributed by atoms with Crippen molar-refractivity contribution in [1.29, 1.82) is 0 Å². The van der Waals surface area contributed by atoms with Crippen LogP contribution in [0.4, 0.5) is 9.59 Å². The summed E-state index contributed by atoms with van der Waals surface area (Å²) in [6, 6.07) is 32.1. The van der Waals surface area contributed by atoms with Crippen molar-refractivity contribution in [2.75, 3.05) is 0 Å². The minimum Gasteiger partial charge on any atom is -0.460 e. The van der Waals surface area contributed by atoms with Gasteiger partial charge in [-0.25, -0.2) is 14.4 Å². The molecule has 0 fully saturated rings. The summed E-state index contributed by atoms with van der Waals surface area (Å²) in [6.07, 6.45) is -1.14. The van der Waals surface area contributed by atoms with Crippen LogP contribution in [-0.4, -0.2) is 36.1 Å². The smallest absolute Gasteiger partial charge is 0.460 e. The summed E-state index contributed by atoms with van der Waals surface area (Å²) in [5.74, 6) is -3.01. The Labute approximate surface area is 263 Å². The van der Waals surface area contributed by atoms with Gasteiger partial charge in [0.15, 0.2) is 11.9 Å². The normalized spacial score (nSPS) is 16.7. The van der Waals surface area contributed by atoms with E-state index in [2.05, 4.69) is 4.74 Å². The van der Waals surface area contributed by atoms with Gasteiger partial charge in [0.05, 0.1) is 5.57 Å². The molecule has 0 saturated carbocycles. The molecule has 0 aliphatic heterocycles. The van der Waals surface area contributed by atoms with Crippen LogP contribution in [0, 0.1) is 5.41 Å². The maximum atomic E-state index is 14.5. The first kappa shape index (κ1) is 31.1. The molecule has 2 atom stereocenters. The highest BCUT2D eigenvalue weighted by Gasteiger charge is 2.61. The van der Waals surface area contributed by atoms with Crippen molar-refractivity contribution in [1.82, 2.24) is 0 Å². The molecular formula is C36H26O10. The third kappa shape index (κ3) is 7.08. The Bertz CT molecular complexity index is 1770. The fourth-order valence-corrected chi connectivity index (χ4v) is 4.71. The Morgan fingerprint density at radius 1 is 0.630 bits per heavy atom. The maximum Gasteiger partial charge on any atom is 0.524 e. The molecule has 4 aromatic rings. The lowest BCUT2D eigenvalue weighted by Gasteiger charge is -2.37. The largest absolute Gasteiger partial charge is 0.524 e. The number of rotatable bonds is 9. The van der Waals surface area contributed by atoms with Gasteiger partial charge in [-0.15, -0.1) is 0 Å². The van der Waals surface area contributed by atoms with E-state index in [9.17, 15) is 24.0 Å². The number of allylic oxidation sites excluding steroid dienone is 2. The van der Waals surface area contributed by atoms with Gasteiger partial charge in [0.2, 0.25) is 5.41 Å². The van der Waals surface area contributed by atoms with Crippen LogP contribution in [0.1, 0.15) is 15.9 Å². The van der Waals surface area contributed by atoms with Crippen molar-refractivity contribution in [3.8, 4) is 11.5 Å². The molecular weight excluding hydrogens is 592 g/mol. The summed E-state index contributed by atoms with van der Waals surface area (Å²) >= 11 is 0. The van der Waals surface area contributed by atoms with Crippen LogP contribution in [0.15, 0.2) is 145 Å². The van der Waals surface area contributed by atoms with Gasteiger partial charge in [-0.05, 0) is 35.9 Å². The number of benzene rings is 4. The summed E-state index contributed by atoms with van der Waals surface area (Å²) in [4.78, 5) is 67.8. The van der Waals surface area contributed by atoms with Crippen LogP contribution in [0.2, 0.25) is 0 Å². The predicted molar refractivity (Wildman–Crippen MR) is 163 cm³/mol. The van der Waals surface area contributed by atoms with Gasteiger partial charge in [-0.3, -0.25) is 9.59 Å². The first-order valence-electron chi connectivity index (χ1n) is 14.0. The lowest BCUT2D eigenvalue weighted by atomic mass is 9.67. The number of hydrogen-bond acceptors (Lipinski definition) is 10. The first-order valence-corrected chi connectivity index (χ1v) is 14.0. The molecule has 0 N–H and O–H groups in total. The number of hydrogen-bond donors (Lipinski definition) is 0. The monoisotopic (exact) mass is 618 g/mol. The van der Waals surface area contributed by atoms with Crippen LogP contribution in [0.25, 0.3) is 0 Å². The van der Waals surface area contributed by atoms with Gasteiger partial charge in [-0.1, -0.05) is 109 Å². The summed E-state index contributed by atoms with van der Waals surface area (Å²) in [6.45, 7) is -0.283. The number of ether oxygens (including phenoxy) is 5. The number of ketones is 1. The second-order valence-corrected chi connectivity index (χ2v) is 9.79. The molecule has 0 amide bonds. The first-order chi connectivity index (χ1) is 22.4. The number of para-hydroxylation sites is 2. The molecule has 4 aromatic carbocycles. The Hall–Kier alpha value is -6.29. The number of carbonyl (C=O) groups is 5. The molecule has 0 saturated heterocycles. The van der Waals surface area contributed by atoms with Crippen molar-refractivity contribution in [2.24, 2.45) is 5.41 Å². The van der Waals surface area contributed by atoms with Crippen molar-refractivity contribution in [2.45, 2.75) is 12.7 Å². The quantitative estimate of drug-likeness (QED) is 0.0680. The SMILES string of the molecule is O=C(OC(=O)OC1C=CC=C(C(=O)Oc2ccccc2)C1(C(=O)OCc1ccccc1)C(=O)c1ccccc1)Oc1ccccc1. The Kier molecular flexibility index (Phi) is 9.79. The topological polar surface area (TPSA) is 132 Å². The molecule has 5 rings (SSSR count). The van der Waals surface area contributed by atoms with Crippen LogP contribution in [0.3, 0.4) is 0 Å². The van der Waals surface area contributed by atoms with Crippen LogP contribution in [-0.2, 0) is 30.4 Å². The predicted octanol–water partition coefficient (Wildman–Crippen LogP) is 6.42.